The number of amides is 1. The van der Waals surface area contributed by atoms with Gasteiger partial charge in [-0.25, -0.2) is 9.52 Å². The van der Waals surface area contributed by atoms with Gasteiger partial charge in [0.1, 0.15) is 0 Å². The van der Waals surface area contributed by atoms with Crippen molar-refractivity contribution >= 4 is 16.3 Å². The molecule has 0 saturated carbocycles. The van der Waals surface area contributed by atoms with E-state index in [1.807, 2.05) is 0 Å². The molecule has 8 nitrogen and oxygen atoms in total. The summed E-state index contributed by atoms with van der Waals surface area (Å²) in [5, 5.41) is 3.21. The van der Waals surface area contributed by atoms with Crippen LogP contribution in [0.5, 0.6) is 0 Å². The number of piperidine rings is 1. The summed E-state index contributed by atoms with van der Waals surface area (Å²) in [5.41, 5.74) is 0. The molecule has 19 heavy (non-hydrogen) atoms. The molecule has 1 saturated heterocycles. The molecule has 0 bridgehead atoms. The summed E-state index contributed by atoms with van der Waals surface area (Å²) in [4.78, 5) is 10.9. The van der Waals surface area contributed by atoms with Crippen molar-refractivity contribution in [2.45, 2.75) is 25.9 Å². The molecule has 9 heteroatoms. The Balaban J connectivity index is 2.14. The van der Waals surface area contributed by atoms with E-state index in [-0.39, 0.29) is 25.9 Å². The van der Waals surface area contributed by atoms with Crippen LogP contribution in [0.4, 0.5) is 4.79 Å². The molecule has 1 aliphatic heterocycles. The van der Waals surface area contributed by atoms with Crippen LogP contribution in [-0.4, -0.2) is 53.5 Å². The number of carbonyl (C=O) groups is 1. The molecule has 1 rings (SSSR count). The van der Waals surface area contributed by atoms with E-state index in [1.54, 1.807) is 11.6 Å². The largest absolute Gasteiger partial charge is 0.449 e. The molecular weight excluding hydrogens is 274 g/mol. The smallest absolute Gasteiger partial charge is 0.421 e. The fourth-order valence-corrected chi connectivity index (χ4v) is 2.37. The van der Waals surface area contributed by atoms with Gasteiger partial charge < -0.3 is 14.8 Å². The predicted molar refractivity (Wildman–Crippen MR) is 68.9 cm³/mol. The maximum absolute atomic E-state index is 11.4. The zero-order chi connectivity index (χ0) is 14.1. The molecular formula is C10H21N3O5S. The molecule has 0 atom stereocenters. The van der Waals surface area contributed by atoms with Gasteiger partial charge in [-0.2, -0.15) is 13.1 Å². The van der Waals surface area contributed by atoms with Crippen LogP contribution in [0.2, 0.25) is 0 Å². The molecule has 1 aliphatic rings. The van der Waals surface area contributed by atoms with Gasteiger partial charge in [0.25, 0.3) is 0 Å². The molecule has 0 radical (unpaired) electrons. The molecule has 3 N–H and O–H groups in total. The highest BCUT2D eigenvalue weighted by atomic mass is 32.2. The normalized spacial score (nSPS) is 17.1. The van der Waals surface area contributed by atoms with E-state index >= 15 is 0 Å². The number of carbonyl (C=O) groups excluding carboxylic acids is 1. The van der Waals surface area contributed by atoms with Crippen LogP contribution in [0.1, 0.15) is 19.8 Å². The molecule has 112 valence electrons. The Morgan fingerprint density at radius 1 is 1.37 bits per heavy atom. The van der Waals surface area contributed by atoms with Crippen molar-refractivity contribution in [2.24, 2.45) is 0 Å². The predicted octanol–water partition coefficient (Wildman–Crippen LogP) is -0.664. The average molecular weight is 295 g/mol. The number of nitrogens with one attached hydrogen (secondary N) is 3. The van der Waals surface area contributed by atoms with Crippen LogP contribution in [0.15, 0.2) is 0 Å². The monoisotopic (exact) mass is 295 g/mol. The Morgan fingerprint density at radius 2 is 2.05 bits per heavy atom. The van der Waals surface area contributed by atoms with Gasteiger partial charge in [-0.15, -0.1) is 0 Å². The van der Waals surface area contributed by atoms with Crippen molar-refractivity contribution in [3.05, 3.63) is 0 Å². The quantitative estimate of drug-likeness (QED) is 0.538. The lowest BCUT2D eigenvalue weighted by atomic mass is 10.1. The van der Waals surface area contributed by atoms with Crippen molar-refractivity contribution in [1.82, 2.24) is 14.8 Å². The lowest BCUT2D eigenvalue weighted by Crippen LogP contribution is -2.42. The van der Waals surface area contributed by atoms with E-state index < -0.39 is 16.3 Å². The van der Waals surface area contributed by atoms with E-state index in [0.29, 0.717) is 0 Å². The second-order valence-corrected chi connectivity index (χ2v) is 5.54. The Morgan fingerprint density at radius 3 is 2.68 bits per heavy atom. The van der Waals surface area contributed by atoms with Crippen LogP contribution >= 0.6 is 0 Å². The highest BCUT2D eigenvalue weighted by Crippen LogP contribution is 2.06. The van der Waals surface area contributed by atoms with E-state index in [4.69, 9.17) is 4.74 Å². The van der Waals surface area contributed by atoms with Crippen molar-refractivity contribution in [3.63, 3.8) is 0 Å². The molecule has 1 fully saturated rings. The second kappa shape index (κ2) is 8.31. The van der Waals surface area contributed by atoms with E-state index in [0.717, 1.165) is 25.9 Å². The van der Waals surface area contributed by atoms with Crippen LogP contribution in [0, 0.1) is 0 Å². The lowest BCUT2D eigenvalue weighted by Gasteiger charge is -2.22. The maximum atomic E-state index is 11.4. The minimum atomic E-state index is -3.87. The summed E-state index contributed by atoms with van der Waals surface area (Å²) < 4.78 is 36.7. The Bertz CT molecular complexity index is 367. The molecule has 1 amide bonds. The highest BCUT2D eigenvalue weighted by Gasteiger charge is 2.16. The van der Waals surface area contributed by atoms with Crippen LogP contribution in [-0.2, 0) is 19.7 Å². The summed E-state index contributed by atoms with van der Waals surface area (Å²) in [6.45, 7) is 3.92. The first-order valence-electron chi connectivity index (χ1n) is 6.30. The van der Waals surface area contributed by atoms with Crippen LogP contribution in [0.25, 0.3) is 0 Å². The molecule has 0 aromatic carbocycles. The summed E-state index contributed by atoms with van der Waals surface area (Å²) in [7, 11) is -3.87. The Labute approximate surface area is 113 Å². The molecule has 0 aromatic heterocycles. The number of hydrogen-bond donors (Lipinski definition) is 3. The summed E-state index contributed by atoms with van der Waals surface area (Å²) in [5.74, 6) is 0. The molecule has 1 heterocycles. The number of hydrogen-bond acceptors (Lipinski definition) is 6. The summed E-state index contributed by atoms with van der Waals surface area (Å²) >= 11 is 0. The number of rotatable bonds is 7. The van der Waals surface area contributed by atoms with Gasteiger partial charge in [0.2, 0.25) is 0 Å². The van der Waals surface area contributed by atoms with Gasteiger partial charge in [-0.05, 0) is 32.9 Å². The van der Waals surface area contributed by atoms with Crippen molar-refractivity contribution in [1.29, 1.82) is 0 Å². The first kappa shape index (κ1) is 16.2. The topological polar surface area (TPSA) is 106 Å². The van der Waals surface area contributed by atoms with Crippen molar-refractivity contribution < 1.29 is 22.7 Å². The molecule has 0 spiro atoms. The number of ether oxygens (including phenoxy) is 2. The molecule has 0 aliphatic carbocycles. The Hall–Kier alpha value is -0.900. The highest BCUT2D eigenvalue weighted by molar-refractivity contribution is 7.88. The van der Waals surface area contributed by atoms with Crippen LogP contribution < -0.4 is 14.8 Å². The van der Waals surface area contributed by atoms with Crippen molar-refractivity contribution in [2.75, 3.05) is 32.8 Å². The molecule has 0 aromatic rings. The first-order valence-corrected chi connectivity index (χ1v) is 7.78. The maximum Gasteiger partial charge on any atom is 0.421 e. The summed E-state index contributed by atoms with van der Waals surface area (Å²) in [6, 6.07) is 0. The van der Waals surface area contributed by atoms with Gasteiger partial charge in [-0.1, -0.05) is 0 Å². The SMILES string of the molecule is CCOC(=O)NS(=O)(=O)NCCOC1CCNCC1. The van der Waals surface area contributed by atoms with E-state index in [1.165, 1.54) is 0 Å². The van der Waals surface area contributed by atoms with E-state index in [9.17, 15) is 13.2 Å². The van der Waals surface area contributed by atoms with E-state index in [2.05, 4.69) is 14.8 Å². The fourth-order valence-electron chi connectivity index (χ4n) is 1.67. The van der Waals surface area contributed by atoms with Gasteiger partial charge >= 0.3 is 16.3 Å². The van der Waals surface area contributed by atoms with Gasteiger partial charge in [0.05, 0.1) is 19.3 Å². The minimum absolute atomic E-state index is 0.110. The third-order valence-corrected chi connectivity index (χ3v) is 3.55. The zero-order valence-electron chi connectivity index (χ0n) is 11.0. The van der Waals surface area contributed by atoms with Crippen molar-refractivity contribution in [3.8, 4) is 0 Å². The minimum Gasteiger partial charge on any atom is -0.449 e. The fraction of sp³-hybridized carbons (Fsp3) is 0.900. The summed E-state index contributed by atoms with van der Waals surface area (Å²) in [6.07, 6.45) is 1.03. The van der Waals surface area contributed by atoms with Gasteiger partial charge in [0, 0.05) is 6.54 Å². The average Bonchev–Trinajstić information content (AvgIpc) is 2.35. The lowest BCUT2D eigenvalue weighted by molar-refractivity contribution is 0.0366. The first-order chi connectivity index (χ1) is 9.03. The third kappa shape index (κ3) is 7.31. The third-order valence-electron chi connectivity index (χ3n) is 2.53. The van der Waals surface area contributed by atoms with Crippen LogP contribution in [0.3, 0.4) is 0 Å². The van der Waals surface area contributed by atoms with Gasteiger partial charge in [0.15, 0.2) is 0 Å². The Kier molecular flexibility index (Phi) is 7.06. The zero-order valence-corrected chi connectivity index (χ0v) is 11.8. The van der Waals surface area contributed by atoms with Gasteiger partial charge in [-0.3, -0.25) is 0 Å². The standard InChI is InChI=1S/C10H21N3O5S/c1-2-17-10(14)13-19(15,16)12-7-8-18-9-3-5-11-6-4-9/h9,11-12H,2-8H2,1H3,(H,13,14). The molecule has 0 unspecified atom stereocenters. The second-order valence-electron chi connectivity index (χ2n) is 4.04.